The van der Waals surface area contributed by atoms with Crippen LogP contribution in [0.1, 0.15) is 27.2 Å². The minimum atomic E-state index is -4.73. The van der Waals surface area contributed by atoms with E-state index in [1.165, 1.54) is 29.2 Å². The average molecular weight is 413 g/mol. The van der Waals surface area contributed by atoms with Crippen LogP contribution in [0.25, 0.3) is 5.69 Å². The quantitative estimate of drug-likeness (QED) is 0.579. The van der Waals surface area contributed by atoms with E-state index in [4.69, 9.17) is 0 Å². The zero-order chi connectivity index (χ0) is 21.4. The molecule has 0 spiro atoms. The molecule has 2 aromatic carbocycles. The molecule has 0 bridgehead atoms. The number of amides is 1. The molecule has 0 fully saturated rings. The Bertz CT molecular complexity index is 1050. The number of nitrogens with one attached hydrogen (secondary N) is 1. The van der Waals surface area contributed by atoms with Crippen molar-refractivity contribution in [3.05, 3.63) is 77.4 Å². The summed E-state index contributed by atoms with van der Waals surface area (Å²) in [6, 6.07) is 6.49. The summed E-state index contributed by atoms with van der Waals surface area (Å²) in [5.74, 6) is -0.978. The van der Waals surface area contributed by atoms with Gasteiger partial charge in [-0.25, -0.2) is 4.98 Å². The van der Waals surface area contributed by atoms with Crippen molar-refractivity contribution in [2.24, 2.45) is 0 Å². The molecule has 1 amide bonds. The monoisotopic (exact) mass is 413 g/mol. The first-order valence-corrected chi connectivity index (χ1v) is 8.15. The minimum Gasteiger partial charge on any atom is -0.322 e. The van der Waals surface area contributed by atoms with E-state index in [-0.39, 0.29) is 16.9 Å². The first kappa shape index (κ1) is 20.4. The molecule has 0 aliphatic heterocycles. The highest BCUT2D eigenvalue weighted by Crippen LogP contribution is 2.33. The predicted molar refractivity (Wildman–Crippen MR) is 92.7 cm³/mol. The van der Waals surface area contributed by atoms with Crippen molar-refractivity contribution in [1.29, 1.82) is 0 Å². The molecule has 3 rings (SSSR count). The van der Waals surface area contributed by atoms with Crippen LogP contribution in [0.4, 0.5) is 32.0 Å². The van der Waals surface area contributed by atoms with Gasteiger partial charge in [-0.1, -0.05) is 6.07 Å². The Morgan fingerprint density at radius 2 is 1.66 bits per heavy atom. The number of nitrogens with zero attached hydrogens (tertiary/aromatic N) is 2. The smallest absolute Gasteiger partial charge is 0.322 e. The molecule has 0 aliphatic rings. The van der Waals surface area contributed by atoms with Gasteiger partial charge in [0.05, 0.1) is 23.1 Å². The summed E-state index contributed by atoms with van der Waals surface area (Å²) in [6.45, 7) is 1.64. The molecule has 152 valence electrons. The highest BCUT2D eigenvalue weighted by Gasteiger charge is 2.32. The van der Waals surface area contributed by atoms with Gasteiger partial charge in [0.25, 0.3) is 5.91 Å². The summed E-state index contributed by atoms with van der Waals surface area (Å²) in [7, 11) is 0. The van der Waals surface area contributed by atoms with E-state index in [1.54, 1.807) is 6.92 Å². The van der Waals surface area contributed by atoms with Crippen LogP contribution >= 0.6 is 0 Å². The molecular weight excluding hydrogens is 400 g/mol. The van der Waals surface area contributed by atoms with Gasteiger partial charge in [0.15, 0.2) is 0 Å². The lowest BCUT2D eigenvalue weighted by Crippen LogP contribution is -2.15. The topological polar surface area (TPSA) is 46.9 Å². The van der Waals surface area contributed by atoms with Crippen molar-refractivity contribution in [2.75, 3.05) is 5.32 Å². The molecule has 3 aromatic rings. The number of halogens is 6. The van der Waals surface area contributed by atoms with E-state index in [2.05, 4.69) is 10.3 Å². The lowest BCUT2D eigenvalue weighted by Gasteiger charge is -2.14. The SMILES string of the molecule is Cc1cn(-c2cc(C(=O)Nc3cccc(C(F)(F)F)c3)cc(C(F)(F)F)c2)cn1. The van der Waals surface area contributed by atoms with Gasteiger partial charge in [-0.15, -0.1) is 0 Å². The van der Waals surface area contributed by atoms with Crippen molar-refractivity contribution in [1.82, 2.24) is 9.55 Å². The fraction of sp³-hybridized carbons (Fsp3) is 0.158. The van der Waals surface area contributed by atoms with Crippen LogP contribution in [-0.4, -0.2) is 15.5 Å². The van der Waals surface area contributed by atoms with Gasteiger partial charge in [0, 0.05) is 23.1 Å². The molecule has 1 heterocycles. The number of carbonyl (C=O) groups is 1. The number of imidazole rings is 1. The maximum absolute atomic E-state index is 13.3. The molecule has 0 unspecified atom stereocenters. The number of aryl methyl sites for hydroxylation is 1. The van der Waals surface area contributed by atoms with Crippen LogP contribution in [0.5, 0.6) is 0 Å². The highest BCUT2D eigenvalue weighted by molar-refractivity contribution is 6.04. The third-order valence-corrected chi connectivity index (χ3v) is 3.96. The lowest BCUT2D eigenvalue weighted by molar-refractivity contribution is -0.138. The second kappa shape index (κ2) is 7.26. The molecule has 0 saturated carbocycles. The van der Waals surface area contributed by atoms with Crippen molar-refractivity contribution in [3.8, 4) is 5.69 Å². The number of benzene rings is 2. The fourth-order valence-corrected chi connectivity index (χ4v) is 2.59. The van der Waals surface area contributed by atoms with E-state index >= 15 is 0 Å². The van der Waals surface area contributed by atoms with E-state index in [1.807, 2.05) is 0 Å². The number of anilines is 1. The van der Waals surface area contributed by atoms with Crippen LogP contribution in [0.3, 0.4) is 0 Å². The number of alkyl halides is 6. The molecule has 0 atom stereocenters. The molecule has 0 saturated heterocycles. The number of rotatable bonds is 3. The first-order valence-electron chi connectivity index (χ1n) is 8.15. The molecule has 0 radical (unpaired) electrons. The number of carbonyl (C=O) groups excluding carboxylic acids is 1. The first-order chi connectivity index (χ1) is 13.4. The summed E-state index contributed by atoms with van der Waals surface area (Å²) in [5.41, 5.74) is -2.03. The summed E-state index contributed by atoms with van der Waals surface area (Å²) in [6.07, 6.45) is -6.58. The van der Waals surface area contributed by atoms with Crippen molar-refractivity contribution in [2.45, 2.75) is 19.3 Å². The Balaban J connectivity index is 1.98. The van der Waals surface area contributed by atoms with Crippen molar-refractivity contribution >= 4 is 11.6 Å². The average Bonchev–Trinajstić information content (AvgIpc) is 3.06. The van der Waals surface area contributed by atoms with Gasteiger partial charge < -0.3 is 9.88 Å². The highest BCUT2D eigenvalue weighted by atomic mass is 19.4. The van der Waals surface area contributed by atoms with Gasteiger partial charge in [0.2, 0.25) is 0 Å². The maximum Gasteiger partial charge on any atom is 0.416 e. The summed E-state index contributed by atoms with van der Waals surface area (Å²) in [5, 5.41) is 2.20. The van der Waals surface area contributed by atoms with Gasteiger partial charge in [-0.3, -0.25) is 4.79 Å². The Kier molecular flexibility index (Phi) is 5.12. The normalized spacial score (nSPS) is 12.1. The Morgan fingerprint density at radius 3 is 2.24 bits per heavy atom. The van der Waals surface area contributed by atoms with Crippen molar-refractivity contribution in [3.63, 3.8) is 0 Å². The van der Waals surface area contributed by atoms with Crippen molar-refractivity contribution < 1.29 is 31.1 Å². The summed E-state index contributed by atoms with van der Waals surface area (Å²) in [4.78, 5) is 16.4. The zero-order valence-electron chi connectivity index (χ0n) is 14.8. The number of hydrogen-bond acceptors (Lipinski definition) is 2. The fourth-order valence-electron chi connectivity index (χ4n) is 2.59. The van der Waals surface area contributed by atoms with Crippen LogP contribution in [0, 0.1) is 6.92 Å². The van der Waals surface area contributed by atoms with Crippen LogP contribution in [0.2, 0.25) is 0 Å². The number of hydrogen-bond donors (Lipinski definition) is 1. The predicted octanol–water partition coefficient (Wildman–Crippen LogP) is 5.47. The Morgan fingerprint density at radius 1 is 0.966 bits per heavy atom. The molecule has 29 heavy (non-hydrogen) atoms. The molecule has 0 aliphatic carbocycles. The summed E-state index contributed by atoms with van der Waals surface area (Å²) < 4.78 is 79.5. The van der Waals surface area contributed by atoms with Gasteiger partial charge >= 0.3 is 12.4 Å². The van der Waals surface area contributed by atoms with E-state index in [0.717, 1.165) is 18.2 Å². The summed E-state index contributed by atoms with van der Waals surface area (Å²) >= 11 is 0. The molecular formula is C19H13F6N3O. The minimum absolute atomic E-state index is 0.0367. The second-order valence-electron chi connectivity index (χ2n) is 6.22. The van der Waals surface area contributed by atoms with E-state index < -0.39 is 29.4 Å². The maximum atomic E-state index is 13.3. The lowest BCUT2D eigenvalue weighted by atomic mass is 10.1. The molecule has 10 heteroatoms. The Hall–Kier alpha value is -3.30. The second-order valence-corrected chi connectivity index (χ2v) is 6.22. The van der Waals surface area contributed by atoms with E-state index in [0.29, 0.717) is 17.8 Å². The van der Waals surface area contributed by atoms with Gasteiger partial charge in [-0.05, 0) is 43.3 Å². The zero-order valence-corrected chi connectivity index (χ0v) is 14.8. The van der Waals surface area contributed by atoms with Gasteiger partial charge in [-0.2, -0.15) is 26.3 Å². The molecule has 4 nitrogen and oxygen atoms in total. The Labute approximate surface area is 160 Å². The van der Waals surface area contributed by atoms with Gasteiger partial charge in [0.1, 0.15) is 0 Å². The number of aromatic nitrogens is 2. The third kappa shape index (κ3) is 4.76. The van der Waals surface area contributed by atoms with E-state index in [9.17, 15) is 31.1 Å². The third-order valence-electron chi connectivity index (χ3n) is 3.96. The molecule has 1 N–H and O–H groups in total. The van der Waals surface area contributed by atoms with Crippen LogP contribution in [0.15, 0.2) is 55.0 Å². The van der Waals surface area contributed by atoms with Crippen LogP contribution < -0.4 is 5.32 Å². The standard InChI is InChI=1S/C19H13F6N3O/c1-11-9-28(10-26-11)16-6-12(5-14(8-16)19(23,24)25)17(29)27-15-4-2-3-13(7-15)18(20,21)22/h2-10H,1H3,(H,27,29). The molecule has 1 aromatic heterocycles. The largest absolute Gasteiger partial charge is 0.416 e. The van der Waals surface area contributed by atoms with Crippen LogP contribution in [-0.2, 0) is 12.4 Å².